The summed E-state index contributed by atoms with van der Waals surface area (Å²) in [6.45, 7) is 2.71. The quantitative estimate of drug-likeness (QED) is 0.661. The Morgan fingerprint density at radius 1 is 1.03 bits per heavy atom. The number of rotatable bonds is 6. The van der Waals surface area contributed by atoms with Crippen LogP contribution in [-0.2, 0) is 21.4 Å². The number of sulfonamides is 1. The minimum Gasteiger partial charge on any atom is -0.348 e. The molecule has 0 unspecified atom stereocenters. The minimum absolute atomic E-state index is 0.265. The number of hydrogen-bond donors (Lipinski definition) is 1. The highest BCUT2D eigenvalue weighted by molar-refractivity contribution is 7.89. The van der Waals surface area contributed by atoms with Crippen molar-refractivity contribution >= 4 is 45.2 Å². The third-order valence-corrected chi connectivity index (χ3v) is 7.51. The molecule has 160 valence electrons. The fourth-order valence-electron chi connectivity index (χ4n) is 2.99. The topological polar surface area (TPSA) is 69.7 Å². The van der Waals surface area contributed by atoms with Crippen molar-refractivity contribution in [3.63, 3.8) is 0 Å². The van der Waals surface area contributed by atoms with Crippen LogP contribution in [0.4, 0.5) is 0 Å². The summed E-state index contributed by atoms with van der Waals surface area (Å²) in [6, 6.07) is 11.7. The lowest BCUT2D eigenvalue weighted by molar-refractivity contribution is -0.116. The van der Waals surface area contributed by atoms with E-state index in [1.807, 2.05) is 7.05 Å². The summed E-state index contributed by atoms with van der Waals surface area (Å²) in [5, 5.41) is 3.65. The fourth-order valence-corrected chi connectivity index (χ4v) is 4.72. The smallest absolute Gasteiger partial charge is 0.244 e. The highest BCUT2D eigenvalue weighted by Crippen LogP contribution is 2.23. The first-order valence-corrected chi connectivity index (χ1v) is 11.6. The SMILES string of the molecule is CN1CCN(S(=O)(=O)c2ccc(CNC(=O)/C=C/c3ccc(Cl)c(Cl)c3)cc2)CC1. The van der Waals surface area contributed by atoms with Crippen LogP contribution < -0.4 is 5.32 Å². The van der Waals surface area contributed by atoms with Gasteiger partial charge in [0.25, 0.3) is 0 Å². The molecule has 0 bridgehead atoms. The fraction of sp³-hybridized carbons (Fsp3) is 0.286. The first-order valence-electron chi connectivity index (χ1n) is 9.44. The molecule has 30 heavy (non-hydrogen) atoms. The maximum Gasteiger partial charge on any atom is 0.244 e. The third-order valence-electron chi connectivity index (χ3n) is 4.86. The second-order valence-electron chi connectivity index (χ2n) is 7.08. The molecule has 6 nitrogen and oxygen atoms in total. The van der Waals surface area contributed by atoms with Crippen molar-refractivity contribution in [1.82, 2.24) is 14.5 Å². The number of carbonyl (C=O) groups excluding carboxylic acids is 1. The van der Waals surface area contributed by atoms with Gasteiger partial charge in [0.05, 0.1) is 14.9 Å². The van der Waals surface area contributed by atoms with Crippen molar-refractivity contribution in [1.29, 1.82) is 0 Å². The van der Waals surface area contributed by atoms with E-state index in [0.29, 0.717) is 29.7 Å². The number of likely N-dealkylation sites (N-methyl/N-ethyl adjacent to an activating group) is 1. The monoisotopic (exact) mass is 467 g/mol. The second-order valence-corrected chi connectivity index (χ2v) is 9.83. The normalized spacial score (nSPS) is 16.1. The van der Waals surface area contributed by atoms with Crippen LogP contribution in [-0.4, -0.2) is 56.8 Å². The van der Waals surface area contributed by atoms with Gasteiger partial charge in [-0.05, 0) is 48.5 Å². The molecule has 1 saturated heterocycles. The molecule has 2 aromatic rings. The summed E-state index contributed by atoms with van der Waals surface area (Å²) < 4.78 is 27.0. The average molecular weight is 468 g/mol. The number of nitrogens with zero attached hydrogens (tertiary/aromatic N) is 2. The van der Waals surface area contributed by atoms with E-state index < -0.39 is 10.0 Å². The third kappa shape index (κ3) is 5.83. The van der Waals surface area contributed by atoms with E-state index in [-0.39, 0.29) is 10.8 Å². The Kier molecular flexibility index (Phi) is 7.55. The highest BCUT2D eigenvalue weighted by atomic mass is 35.5. The van der Waals surface area contributed by atoms with Crippen LogP contribution in [0.15, 0.2) is 53.4 Å². The Bertz CT molecular complexity index is 1030. The lowest BCUT2D eigenvalue weighted by Crippen LogP contribution is -2.46. The summed E-state index contributed by atoms with van der Waals surface area (Å²) in [7, 11) is -1.51. The van der Waals surface area contributed by atoms with Gasteiger partial charge >= 0.3 is 0 Å². The Hall–Kier alpha value is -1.90. The summed E-state index contributed by atoms with van der Waals surface area (Å²) in [5.41, 5.74) is 1.57. The van der Waals surface area contributed by atoms with E-state index in [4.69, 9.17) is 23.2 Å². The predicted molar refractivity (Wildman–Crippen MR) is 120 cm³/mol. The molecule has 0 radical (unpaired) electrons. The molecule has 1 aliphatic rings. The van der Waals surface area contributed by atoms with Gasteiger partial charge in [0.15, 0.2) is 0 Å². The Morgan fingerprint density at radius 3 is 2.33 bits per heavy atom. The number of halogens is 2. The maximum atomic E-state index is 12.7. The molecule has 0 aliphatic carbocycles. The first kappa shape index (κ1) is 22.8. The molecule has 0 saturated carbocycles. The number of benzene rings is 2. The summed E-state index contributed by atoms with van der Waals surface area (Å²) in [4.78, 5) is 14.4. The van der Waals surface area contributed by atoms with Gasteiger partial charge in [-0.25, -0.2) is 8.42 Å². The van der Waals surface area contributed by atoms with Crippen LogP contribution in [0.5, 0.6) is 0 Å². The van der Waals surface area contributed by atoms with Gasteiger partial charge in [0.2, 0.25) is 15.9 Å². The number of hydrogen-bond acceptors (Lipinski definition) is 4. The predicted octanol–water partition coefficient (Wildman–Crippen LogP) is 3.26. The maximum absolute atomic E-state index is 12.7. The zero-order chi connectivity index (χ0) is 21.7. The van der Waals surface area contributed by atoms with E-state index in [9.17, 15) is 13.2 Å². The zero-order valence-corrected chi connectivity index (χ0v) is 18.8. The van der Waals surface area contributed by atoms with E-state index >= 15 is 0 Å². The van der Waals surface area contributed by atoms with Crippen LogP contribution in [0.2, 0.25) is 10.0 Å². The summed E-state index contributed by atoms with van der Waals surface area (Å²) in [5.74, 6) is -0.268. The van der Waals surface area contributed by atoms with Crippen molar-refractivity contribution in [3.05, 3.63) is 69.7 Å². The van der Waals surface area contributed by atoms with E-state index in [1.54, 1.807) is 48.5 Å². The number of amides is 1. The number of piperazine rings is 1. The van der Waals surface area contributed by atoms with Crippen LogP contribution in [0.3, 0.4) is 0 Å². The number of carbonyl (C=O) groups is 1. The molecule has 3 rings (SSSR count). The first-order chi connectivity index (χ1) is 14.3. The van der Waals surface area contributed by atoms with E-state index in [2.05, 4.69) is 10.2 Å². The molecule has 0 atom stereocenters. The molecule has 1 fully saturated rings. The van der Waals surface area contributed by atoms with Crippen molar-refractivity contribution in [3.8, 4) is 0 Å². The van der Waals surface area contributed by atoms with Gasteiger partial charge < -0.3 is 10.2 Å². The van der Waals surface area contributed by atoms with Gasteiger partial charge in [-0.15, -0.1) is 0 Å². The van der Waals surface area contributed by atoms with Crippen molar-refractivity contribution in [2.75, 3.05) is 33.2 Å². The van der Waals surface area contributed by atoms with Gasteiger partial charge in [0.1, 0.15) is 0 Å². The molecule has 0 spiro atoms. The van der Waals surface area contributed by atoms with Crippen LogP contribution in [0.1, 0.15) is 11.1 Å². The van der Waals surface area contributed by atoms with Gasteiger partial charge in [-0.1, -0.05) is 41.4 Å². The molecule has 9 heteroatoms. The van der Waals surface area contributed by atoms with Crippen molar-refractivity contribution < 1.29 is 13.2 Å². The van der Waals surface area contributed by atoms with Crippen molar-refractivity contribution in [2.45, 2.75) is 11.4 Å². The molecular weight excluding hydrogens is 445 g/mol. The summed E-state index contributed by atoms with van der Waals surface area (Å²) in [6.07, 6.45) is 3.05. The molecule has 1 heterocycles. The van der Waals surface area contributed by atoms with Gasteiger partial charge in [-0.2, -0.15) is 4.31 Å². The number of nitrogens with one attached hydrogen (secondary N) is 1. The molecule has 2 aromatic carbocycles. The molecule has 1 aliphatic heterocycles. The van der Waals surface area contributed by atoms with Crippen LogP contribution >= 0.6 is 23.2 Å². The lowest BCUT2D eigenvalue weighted by Gasteiger charge is -2.31. The standard InChI is InChI=1S/C21H23Cl2N3O3S/c1-25-10-12-26(13-11-25)30(28,29)18-6-2-17(3-7-18)15-24-21(27)9-5-16-4-8-19(22)20(23)14-16/h2-9,14H,10-13,15H2,1H3,(H,24,27)/b9-5+. The zero-order valence-electron chi connectivity index (χ0n) is 16.5. The summed E-state index contributed by atoms with van der Waals surface area (Å²) >= 11 is 11.8. The highest BCUT2D eigenvalue weighted by Gasteiger charge is 2.27. The molecule has 1 amide bonds. The van der Waals surface area contributed by atoms with E-state index in [0.717, 1.165) is 24.2 Å². The molecule has 1 N–H and O–H groups in total. The van der Waals surface area contributed by atoms with Crippen LogP contribution in [0, 0.1) is 0 Å². The molecular formula is C21H23Cl2N3O3S. The minimum atomic E-state index is -3.49. The van der Waals surface area contributed by atoms with Gasteiger partial charge in [0, 0.05) is 38.8 Å². The molecule has 0 aromatic heterocycles. The average Bonchev–Trinajstić information content (AvgIpc) is 2.73. The Labute approximate surface area is 187 Å². The van der Waals surface area contributed by atoms with Crippen molar-refractivity contribution in [2.24, 2.45) is 0 Å². The van der Waals surface area contributed by atoms with Gasteiger partial charge in [-0.3, -0.25) is 4.79 Å². The Balaban J connectivity index is 1.55. The lowest BCUT2D eigenvalue weighted by atomic mass is 10.2. The van der Waals surface area contributed by atoms with Crippen LogP contribution in [0.25, 0.3) is 6.08 Å². The Morgan fingerprint density at radius 2 is 1.70 bits per heavy atom. The second kappa shape index (κ2) is 9.94. The van der Waals surface area contributed by atoms with E-state index in [1.165, 1.54) is 10.4 Å². The largest absolute Gasteiger partial charge is 0.348 e.